The van der Waals surface area contributed by atoms with Gasteiger partial charge in [0.05, 0.1) is 12.1 Å². The van der Waals surface area contributed by atoms with Crippen LogP contribution in [0.2, 0.25) is 0 Å². The first kappa shape index (κ1) is 10.3. The summed E-state index contributed by atoms with van der Waals surface area (Å²) >= 11 is 1.43. The third-order valence-electron chi connectivity index (χ3n) is 2.49. The van der Waals surface area contributed by atoms with Crippen LogP contribution in [0.15, 0.2) is 28.0 Å². The van der Waals surface area contributed by atoms with Crippen molar-refractivity contribution in [1.82, 2.24) is 9.97 Å². The number of benzene rings is 1. The average molecular weight is 245 g/mol. The third kappa shape index (κ3) is 2.01. The maximum absolute atomic E-state index is 5.65. The lowest BCUT2D eigenvalue weighted by atomic mass is 10.2. The van der Waals surface area contributed by atoms with Gasteiger partial charge in [-0.05, 0) is 24.6 Å². The minimum atomic E-state index is 0.576. The molecule has 0 unspecified atom stereocenters. The number of anilines is 1. The van der Waals surface area contributed by atoms with Crippen LogP contribution in [-0.2, 0) is 6.42 Å². The Kier molecular flexibility index (Phi) is 2.33. The van der Waals surface area contributed by atoms with E-state index in [1.807, 2.05) is 30.5 Å². The number of thiazole rings is 1. The van der Waals surface area contributed by atoms with Gasteiger partial charge in [0, 0.05) is 5.38 Å². The van der Waals surface area contributed by atoms with Crippen LogP contribution in [0.25, 0.3) is 11.1 Å². The number of nitrogens with zero attached hydrogens (tertiary/aromatic N) is 2. The average Bonchev–Trinajstić information content (AvgIpc) is 2.84. The van der Waals surface area contributed by atoms with Gasteiger partial charge >= 0.3 is 0 Å². The Bertz CT molecular complexity index is 671. The lowest BCUT2D eigenvalue weighted by Crippen LogP contribution is -1.89. The monoisotopic (exact) mass is 245 g/mol. The van der Waals surface area contributed by atoms with E-state index in [2.05, 4.69) is 9.97 Å². The number of nitrogens with two attached hydrogens (primary N) is 1. The second-order valence-electron chi connectivity index (χ2n) is 3.93. The molecule has 1 aromatic carbocycles. The van der Waals surface area contributed by atoms with Crippen LogP contribution in [0.4, 0.5) is 5.13 Å². The Morgan fingerprint density at radius 3 is 3.00 bits per heavy atom. The summed E-state index contributed by atoms with van der Waals surface area (Å²) in [6, 6.07) is 5.96. The van der Waals surface area contributed by atoms with Crippen molar-refractivity contribution >= 4 is 27.6 Å². The molecule has 2 heterocycles. The van der Waals surface area contributed by atoms with E-state index in [9.17, 15) is 0 Å². The molecule has 0 bridgehead atoms. The number of rotatable bonds is 2. The second-order valence-corrected chi connectivity index (χ2v) is 4.82. The first-order valence-electron chi connectivity index (χ1n) is 5.26. The maximum atomic E-state index is 5.65. The standard InChI is InChI=1S/C12H11N3OS/c1-7-2-3-10-9(4-7)15-11(16-10)5-8-6-17-12(13)14-8/h2-4,6H,5H2,1H3,(H2,13,14). The number of nitrogen functional groups attached to an aromatic ring is 1. The lowest BCUT2D eigenvalue weighted by Gasteiger charge is -1.88. The normalized spacial score (nSPS) is 11.1. The molecule has 17 heavy (non-hydrogen) atoms. The number of aromatic nitrogens is 2. The fourth-order valence-corrected chi connectivity index (χ4v) is 2.28. The van der Waals surface area contributed by atoms with E-state index in [1.165, 1.54) is 16.9 Å². The number of oxazole rings is 1. The fourth-order valence-electron chi connectivity index (χ4n) is 1.72. The molecule has 0 aliphatic carbocycles. The van der Waals surface area contributed by atoms with Crippen molar-refractivity contribution < 1.29 is 4.42 Å². The zero-order valence-corrected chi connectivity index (χ0v) is 10.1. The van der Waals surface area contributed by atoms with Crippen LogP contribution in [0, 0.1) is 6.92 Å². The van der Waals surface area contributed by atoms with Crippen molar-refractivity contribution in [3.05, 3.63) is 40.7 Å². The second kappa shape index (κ2) is 3.85. The molecule has 86 valence electrons. The molecule has 2 N–H and O–H groups in total. The Morgan fingerprint density at radius 1 is 1.35 bits per heavy atom. The van der Waals surface area contributed by atoms with Gasteiger partial charge in [-0.3, -0.25) is 0 Å². The van der Waals surface area contributed by atoms with E-state index in [4.69, 9.17) is 10.2 Å². The molecule has 2 aromatic heterocycles. The molecule has 3 aromatic rings. The molecule has 0 saturated heterocycles. The van der Waals surface area contributed by atoms with Gasteiger partial charge in [-0.2, -0.15) is 0 Å². The molecule has 4 nitrogen and oxygen atoms in total. The summed E-state index contributed by atoms with van der Waals surface area (Å²) in [6.07, 6.45) is 0.585. The first-order chi connectivity index (χ1) is 8.20. The highest BCUT2D eigenvalue weighted by Crippen LogP contribution is 2.20. The predicted molar refractivity (Wildman–Crippen MR) is 68.1 cm³/mol. The number of hydrogen-bond acceptors (Lipinski definition) is 5. The summed E-state index contributed by atoms with van der Waals surface area (Å²) in [5, 5.41) is 2.50. The zero-order valence-electron chi connectivity index (χ0n) is 9.30. The quantitative estimate of drug-likeness (QED) is 0.754. The third-order valence-corrected chi connectivity index (χ3v) is 3.21. The van der Waals surface area contributed by atoms with Gasteiger partial charge in [0.1, 0.15) is 5.52 Å². The van der Waals surface area contributed by atoms with Gasteiger partial charge in [0.25, 0.3) is 0 Å². The van der Waals surface area contributed by atoms with E-state index in [0.717, 1.165) is 16.8 Å². The van der Waals surface area contributed by atoms with E-state index < -0.39 is 0 Å². The topological polar surface area (TPSA) is 64.9 Å². The van der Waals surface area contributed by atoms with Crippen molar-refractivity contribution in [2.75, 3.05) is 5.73 Å². The number of hydrogen-bond donors (Lipinski definition) is 1. The first-order valence-corrected chi connectivity index (χ1v) is 6.14. The molecule has 0 spiro atoms. The summed E-state index contributed by atoms with van der Waals surface area (Å²) in [7, 11) is 0. The van der Waals surface area contributed by atoms with Crippen molar-refractivity contribution in [2.45, 2.75) is 13.3 Å². The molecule has 0 aliphatic rings. The maximum Gasteiger partial charge on any atom is 0.201 e. The van der Waals surface area contributed by atoms with E-state index in [0.29, 0.717) is 17.4 Å². The van der Waals surface area contributed by atoms with Crippen LogP contribution < -0.4 is 5.73 Å². The highest BCUT2D eigenvalue weighted by Gasteiger charge is 2.08. The number of aryl methyl sites for hydroxylation is 1. The van der Waals surface area contributed by atoms with Gasteiger partial charge in [0.15, 0.2) is 10.7 Å². The Labute approximate surface area is 102 Å². The Hall–Kier alpha value is -1.88. The fraction of sp³-hybridized carbons (Fsp3) is 0.167. The molecule has 0 fully saturated rings. The van der Waals surface area contributed by atoms with E-state index >= 15 is 0 Å². The highest BCUT2D eigenvalue weighted by molar-refractivity contribution is 7.13. The molecule has 0 radical (unpaired) electrons. The molecule has 3 rings (SSSR count). The predicted octanol–water partition coefficient (Wildman–Crippen LogP) is 2.77. The number of fused-ring (bicyclic) bond motifs is 1. The minimum absolute atomic E-state index is 0.576. The molecule has 0 atom stereocenters. The Balaban J connectivity index is 1.95. The summed E-state index contributed by atoms with van der Waals surface area (Å²) in [6.45, 7) is 2.04. The van der Waals surface area contributed by atoms with E-state index in [-0.39, 0.29) is 0 Å². The molecule has 0 amide bonds. The van der Waals surface area contributed by atoms with Crippen LogP contribution in [0.5, 0.6) is 0 Å². The van der Waals surface area contributed by atoms with Crippen LogP contribution >= 0.6 is 11.3 Å². The summed E-state index contributed by atoms with van der Waals surface area (Å²) < 4.78 is 5.65. The van der Waals surface area contributed by atoms with Crippen LogP contribution in [-0.4, -0.2) is 9.97 Å². The molecular weight excluding hydrogens is 234 g/mol. The largest absolute Gasteiger partial charge is 0.440 e. The van der Waals surface area contributed by atoms with Gasteiger partial charge in [-0.1, -0.05) is 6.07 Å². The van der Waals surface area contributed by atoms with E-state index in [1.54, 1.807) is 0 Å². The molecule has 0 saturated carbocycles. The highest BCUT2D eigenvalue weighted by atomic mass is 32.1. The van der Waals surface area contributed by atoms with Crippen molar-refractivity contribution in [3.8, 4) is 0 Å². The van der Waals surface area contributed by atoms with Crippen molar-refractivity contribution in [3.63, 3.8) is 0 Å². The SMILES string of the molecule is Cc1ccc2oc(Cc3csc(N)n3)nc2c1. The van der Waals surface area contributed by atoms with Crippen LogP contribution in [0.1, 0.15) is 17.1 Å². The van der Waals surface area contributed by atoms with Gasteiger partial charge in [-0.25, -0.2) is 9.97 Å². The lowest BCUT2D eigenvalue weighted by molar-refractivity contribution is 0.542. The van der Waals surface area contributed by atoms with Crippen molar-refractivity contribution in [1.29, 1.82) is 0 Å². The van der Waals surface area contributed by atoms with Gasteiger partial charge in [-0.15, -0.1) is 11.3 Å². The smallest absolute Gasteiger partial charge is 0.201 e. The zero-order chi connectivity index (χ0) is 11.8. The molecular formula is C12H11N3OS. The summed E-state index contributed by atoms with van der Waals surface area (Å²) in [5.74, 6) is 0.677. The molecule has 5 heteroatoms. The van der Waals surface area contributed by atoms with Gasteiger partial charge < -0.3 is 10.2 Å². The van der Waals surface area contributed by atoms with Crippen molar-refractivity contribution in [2.24, 2.45) is 0 Å². The van der Waals surface area contributed by atoms with Crippen LogP contribution in [0.3, 0.4) is 0 Å². The van der Waals surface area contributed by atoms with Gasteiger partial charge in [0.2, 0.25) is 5.89 Å². The minimum Gasteiger partial charge on any atom is -0.440 e. The molecule has 0 aliphatic heterocycles. The Morgan fingerprint density at radius 2 is 2.24 bits per heavy atom. The summed E-state index contributed by atoms with van der Waals surface area (Å²) in [4.78, 5) is 8.63. The summed E-state index contributed by atoms with van der Waals surface area (Å²) in [5.41, 5.74) is 9.36.